The van der Waals surface area contributed by atoms with Gasteiger partial charge in [-0.1, -0.05) is 12.1 Å². The number of hydrogen-bond donors (Lipinski definition) is 2. The van der Waals surface area contributed by atoms with E-state index >= 15 is 0 Å². The van der Waals surface area contributed by atoms with Gasteiger partial charge in [0.25, 0.3) is 0 Å². The van der Waals surface area contributed by atoms with Gasteiger partial charge in [-0.05, 0) is 32.9 Å². The summed E-state index contributed by atoms with van der Waals surface area (Å²) in [6.45, 7) is 4.94. The molecular formula is C14H19NO6S. The third kappa shape index (κ3) is 5.45. The van der Waals surface area contributed by atoms with Gasteiger partial charge in [0.05, 0.1) is 16.9 Å². The fraction of sp³-hybridized carbons (Fsp3) is 0.429. The fourth-order valence-corrected chi connectivity index (χ4v) is 2.86. The molecule has 22 heavy (non-hydrogen) atoms. The molecule has 0 amide bonds. The summed E-state index contributed by atoms with van der Waals surface area (Å²) in [5.41, 5.74) is -0.974. The number of carboxylic acids is 1. The minimum absolute atomic E-state index is 0.147. The summed E-state index contributed by atoms with van der Waals surface area (Å²) in [5, 5.41) is 9.00. The molecule has 0 bridgehead atoms. The Morgan fingerprint density at radius 3 is 2.36 bits per heavy atom. The van der Waals surface area contributed by atoms with Crippen LogP contribution in [0.15, 0.2) is 29.2 Å². The van der Waals surface area contributed by atoms with Crippen molar-refractivity contribution >= 4 is 22.0 Å². The van der Waals surface area contributed by atoms with E-state index in [-0.39, 0.29) is 23.4 Å². The zero-order chi connectivity index (χ0) is 17.0. The minimum atomic E-state index is -4.01. The van der Waals surface area contributed by atoms with Gasteiger partial charge in [-0.2, -0.15) is 0 Å². The Morgan fingerprint density at radius 1 is 1.23 bits per heavy atom. The third-order valence-corrected chi connectivity index (χ3v) is 3.97. The van der Waals surface area contributed by atoms with Crippen molar-refractivity contribution in [2.24, 2.45) is 0 Å². The molecule has 0 aliphatic heterocycles. The van der Waals surface area contributed by atoms with Crippen LogP contribution >= 0.6 is 0 Å². The van der Waals surface area contributed by atoms with E-state index in [1.807, 2.05) is 0 Å². The standard InChI is InChI=1S/C14H19NO6S/c1-14(2,3)21-12(16)8-9-15-22(19,20)11-7-5-4-6-10(11)13(17)18/h4-7,15H,8-9H2,1-3H3,(H,17,18). The predicted octanol–water partition coefficient (Wildman–Crippen LogP) is 1.39. The van der Waals surface area contributed by atoms with Crippen molar-refractivity contribution in [3.8, 4) is 0 Å². The zero-order valence-corrected chi connectivity index (χ0v) is 13.4. The summed E-state index contributed by atoms with van der Waals surface area (Å²) in [4.78, 5) is 22.2. The number of nitrogens with one attached hydrogen (secondary N) is 1. The molecule has 8 heteroatoms. The lowest BCUT2D eigenvalue weighted by Gasteiger charge is -2.19. The highest BCUT2D eigenvalue weighted by molar-refractivity contribution is 7.89. The molecule has 122 valence electrons. The monoisotopic (exact) mass is 329 g/mol. The summed E-state index contributed by atoms with van der Waals surface area (Å²) < 4.78 is 31.4. The van der Waals surface area contributed by atoms with Crippen LogP contribution in [0.3, 0.4) is 0 Å². The molecule has 0 saturated heterocycles. The molecule has 7 nitrogen and oxygen atoms in total. The first-order valence-electron chi connectivity index (χ1n) is 6.57. The number of benzene rings is 1. The minimum Gasteiger partial charge on any atom is -0.478 e. The van der Waals surface area contributed by atoms with Gasteiger partial charge in [-0.25, -0.2) is 17.9 Å². The first-order valence-corrected chi connectivity index (χ1v) is 8.05. The largest absolute Gasteiger partial charge is 0.478 e. The van der Waals surface area contributed by atoms with Crippen LogP contribution in [0.4, 0.5) is 0 Å². The number of rotatable bonds is 6. The highest BCUT2D eigenvalue weighted by atomic mass is 32.2. The van der Waals surface area contributed by atoms with E-state index in [0.29, 0.717) is 0 Å². The van der Waals surface area contributed by atoms with Crippen molar-refractivity contribution in [1.29, 1.82) is 0 Å². The van der Waals surface area contributed by atoms with Gasteiger partial charge in [0.15, 0.2) is 0 Å². The average Bonchev–Trinajstić information content (AvgIpc) is 2.36. The van der Waals surface area contributed by atoms with Crippen LogP contribution < -0.4 is 4.72 Å². The Morgan fingerprint density at radius 2 is 1.82 bits per heavy atom. The number of carbonyl (C=O) groups is 2. The molecule has 1 aromatic rings. The van der Waals surface area contributed by atoms with Crippen molar-refractivity contribution < 1.29 is 27.9 Å². The molecule has 2 N–H and O–H groups in total. The zero-order valence-electron chi connectivity index (χ0n) is 12.6. The van der Waals surface area contributed by atoms with Gasteiger partial charge in [0.1, 0.15) is 5.60 Å². The fourth-order valence-electron chi connectivity index (χ4n) is 1.64. The molecule has 0 aliphatic rings. The lowest BCUT2D eigenvalue weighted by molar-refractivity contribution is -0.154. The van der Waals surface area contributed by atoms with E-state index in [4.69, 9.17) is 9.84 Å². The smallest absolute Gasteiger partial charge is 0.337 e. The van der Waals surface area contributed by atoms with E-state index < -0.39 is 27.6 Å². The molecule has 0 radical (unpaired) electrons. The molecule has 1 rings (SSSR count). The lowest BCUT2D eigenvalue weighted by atomic mass is 10.2. The summed E-state index contributed by atoms with van der Waals surface area (Å²) in [7, 11) is -4.01. The number of carboxylic acid groups (broad SMARTS) is 1. The molecule has 1 aromatic carbocycles. The van der Waals surface area contributed by atoms with Crippen LogP contribution in [0.2, 0.25) is 0 Å². The predicted molar refractivity (Wildman–Crippen MR) is 79.1 cm³/mol. The number of carbonyl (C=O) groups excluding carboxylic acids is 1. The molecule has 0 heterocycles. The maximum atomic E-state index is 12.1. The summed E-state index contributed by atoms with van der Waals surface area (Å²) >= 11 is 0. The molecule has 0 fully saturated rings. The SMILES string of the molecule is CC(C)(C)OC(=O)CCNS(=O)(=O)c1ccccc1C(=O)O. The number of aromatic carboxylic acids is 1. The Labute approximate surface area is 129 Å². The summed E-state index contributed by atoms with van der Waals surface area (Å²) in [6.07, 6.45) is -0.147. The Hall–Kier alpha value is -1.93. The first-order chi connectivity index (χ1) is 10.0. The third-order valence-electron chi connectivity index (χ3n) is 2.45. The Balaban J connectivity index is 2.74. The summed E-state index contributed by atoms with van der Waals surface area (Å²) in [6, 6.07) is 5.25. The second-order valence-electron chi connectivity index (χ2n) is 5.54. The van der Waals surface area contributed by atoms with E-state index in [1.165, 1.54) is 24.3 Å². The maximum Gasteiger partial charge on any atom is 0.337 e. The van der Waals surface area contributed by atoms with Gasteiger partial charge in [-0.3, -0.25) is 4.79 Å². The van der Waals surface area contributed by atoms with E-state index in [2.05, 4.69) is 4.72 Å². The lowest BCUT2D eigenvalue weighted by Crippen LogP contribution is -2.30. The topological polar surface area (TPSA) is 110 Å². The van der Waals surface area contributed by atoms with Crippen LogP contribution in [0, 0.1) is 0 Å². The number of hydrogen-bond acceptors (Lipinski definition) is 5. The second kappa shape index (κ2) is 6.89. The van der Waals surface area contributed by atoms with Crippen LogP contribution in [-0.2, 0) is 19.6 Å². The van der Waals surface area contributed by atoms with E-state index in [0.717, 1.165) is 0 Å². The van der Waals surface area contributed by atoms with Crippen molar-refractivity contribution in [2.75, 3.05) is 6.54 Å². The molecule has 0 saturated carbocycles. The van der Waals surface area contributed by atoms with Crippen LogP contribution in [-0.4, -0.2) is 37.6 Å². The maximum absolute atomic E-state index is 12.1. The van der Waals surface area contributed by atoms with Crippen LogP contribution in [0.1, 0.15) is 37.6 Å². The van der Waals surface area contributed by atoms with Gasteiger partial charge < -0.3 is 9.84 Å². The normalized spacial score (nSPS) is 12.0. The van der Waals surface area contributed by atoms with Crippen molar-refractivity contribution in [3.05, 3.63) is 29.8 Å². The number of esters is 1. The van der Waals surface area contributed by atoms with Gasteiger partial charge in [0.2, 0.25) is 10.0 Å². The highest BCUT2D eigenvalue weighted by Gasteiger charge is 2.22. The quantitative estimate of drug-likeness (QED) is 0.763. The highest BCUT2D eigenvalue weighted by Crippen LogP contribution is 2.15. The van der Waals surface area contributed by atoms with Crippen molar-refractivity contribution in [3.63, 3.8) is 0 Å². The van der Waals surface area contributed by atoms with Crippen molar-refractivity contribution in [1.82, 2.24) is 4.72 Å². The molecule has 0 aliphatic carbocycles. The molecule has 0 atom stereocenters. The average molecular weight is 329 g/mol. The number of ether oxygens (including phenoxy) is 1. The second-order valence-corrected chi connectivity index (χ2v) is 7.27. The van der Waals surface area contributed by atoms with Gasteiger partial charge >= 0.3 is 11.9 Å². The van der Waals surface area contributed by atoms with E-state index in [9.17, 15) is 18.0 Å². The molecule has 0 unspecified atom stereocenters. The van der Waals surface area contributed by atoms with E-state index in [1.54, 1.807) is 20.8 Å². The summed E-state index contributed by atoms with van der Waals surface area (Å²) in [5.74, 6) is -1.88. The van der Waals surface area contributed by atoms with Crippen LogP contribution in [0.5, 0.6) is 0 Å². The number of sulfonamides is 1. The Bertz CT molecular complexity index is 660. The first kappa shape index (κ1) is 18.1. The van der Waals surface area contributed by atoms with Crippen molar-refractivity contribution in [2.45, 2.75) is 37.7 Å². The van der Waals surface area contributed by atoms with Gasteiger partial charge in [-0.15, -0.1) is 0 Å². The molecular weight excluding hydrogens is 310 g/mol. The van der Waals surface area contributed by atoms with Crippen LogP contribution in [0.25, 0.3) is 0 Å². The van der Waals surface area contributed by atoms with Gasteiger partial charge in [0, 0.05) is 6.54 Å². The molecule has 0 aromatic heterocycles. The molecule has 0 spiro atoms. The Kier molecular flexibility index (Phi) is 5.67.